The van der Waals surface area contributed by atoms with Crippen LogP contribution in [0.1, 0.15) is 45.2 Å². The summed E-state index contributed by atoms with van der Waals surface area (Å²) < 4.78 is 0. The molecule has 1 N–H and O–H groups in total. The molecule has 1 unspecified atom stereocenters. The zero-order valence-corrected chi connectivity index (χ0v) is 12.0. The van der Waals surface area contributed by atoms with Gasteiger partial charge in [-0.25, -0.2) is 4.98 Å². The number of carbonyl (C=O) groups excluding carboxylic acids is 1. The first-order valence-electron chi connectivity index (χ1n) is 7.05. The van der Waals surface area contributed by atoms with Crippen LogP contribution in [0.25, 0.3) is 0 Å². The summed E-state index contributed by atoms with van der Waals surface area (Å²) in [5.41, 5.74) is 1.14. The van der Waals surface area contributed by atoms with Crippen LogP contribution in [-0.2, 0) is 4.79 Å². The van der Waals surface area contributed by atoms with E-state index < -0.39 is 0 Å². The normalized spacial score (nSPS) is 18.9. The Morgan fingerprint density at radius 3 is 2.89 bits per heavy atom. The molecule has 0 bridgehead atoms. The molecule has 0 radical (unpaired) electrons. The Labute approximate surface area is 115 Å². The Bertz CT molecular complexity index is 428. The number of likely N-dealkylation sites (tertiary alicyclic amines) is 1. The quantitative estimate of drug-likeness (QED) is 0.906. The second-order valence-electron chi connectivity index (χ2n) is 5.62. The maximum absolute atomic E-state index is 11.6. The highest BCUT2D eigenvalue weighted by Gasteiger charge is 2.27. The maximum atomic E-state index is 11.6. The zero-order valence-electron chi connectivity index (χ0n) is 12.0. The van der Waals surface area contributed by atoms with E-state index in [1.807, 2.05) is 17.2 Å². The zero-order chi connectivity index (χ0) is 13.8. The van der Waals surface area contributed by atoms with Crippen molar-refractivity contribution < 1.29 is 4.79 Å². The standard InChI is InChI=1S/C15H23N3O/c1-11(2)9-16-15-7-6-13(10-17-15)14-5-4-8-18(14)12(3)19/h6-7,10-11,14H,4-5,8-9H2,1-3H3,(H,16,17). The molecule has 4 heteroatoms. The second kappa shape index (κ2) is 6.04. The molecule has 104 valence electrons. The van der Waals surface area contributed by atoms with Gasteiger partial charge in [-0.2, -0.15) is 0 Å². The van der Waals surface area contributed by atoms with Crippen molar-refractivity contribution in [3.8, 4) is 0 Å². The SMILES string of the molecule is CC(=O)N1CCCC1c1ccc(NCC(C)C)nc1. The summed E-state index contributed by atoms with van der Waals surface area (Å²) in [5, 5.41) is 3.30. The number of hydrogen-bond acceptors (Lipinski definition) is 3. The maximum Gasteiger partial charge on any atom is 0.219 e. The van der Waals surface area contributed by atoms with Crippen molar-refractivity contribution in [2.75, 3.05) is 18.4 Å². The van der Waals surface area contributed by atoms with Gasteiger partial charge in [0.15, 0.2) is 0 Å². The van der Waals surface area contributed by atoms with E-state index in [9.17, 15) is 4.79 Å². The molecule has 1 saturated heterocycles. The predicted octanol–water partition coefficient (Wildman–Crippen LogP) is 2.83. The van der Waals surface area contributed by atoms with Crippen LogP contribution >= 0.6 is 0 Å². The highest BCUT2D eigenvalue weighted by molar-refractivity contribution is 5.74. The van der Waals surface area contributed by atoms with Crippen LogP contribution in [0.15, 0.2) is 18.3 Å². The van der Waals surface area contributed by atoms with Crippen LogP contribution in [0.4, 0.5) is 5.82 Å². The van der Waals surface area contributed by atoms with Crippen LogP contribution in [0.3, 0.4) is 0 Å². The van der Waals surface area contributed by atoms with Crippen molar-refractivity contribution in [3.63, 3.8) is 0 Å². The van der Waals surface area contributed by atoms with Crippen molar-refractivity contribution >= 4 is 11.7 Å². The highest BCUT2D eigenvalue weighted by atomic mass is 16.2. The number of hydrogen-bond donors (Lipinski definition) is 1. The fraction of sp³-hybridized carbons (Fsp3) is 0.600. The Morgan fingerprint density at radius 1 is 1.53 bits per heavy atom. The first kappa shape index (κ1) is 13.8. The van der Waals surface area contributed by atoms with Crippen LogP contribution in [0.2, 0.25) is 0 Å². The van der Waals surface area contributed by atoms with Gasteiger partial charge in [0.2, 0.25) is 5.91 Å². The molecule has 1 fully saturated rings. The average molecular weight is 261 g/mol. The molecule has 1 aromatic heterocycles. The molecule has 19 heavy (non-hydrogen) atoms. The van der Waals surface area contributed by atoms with E-state index in [1.54, 1.807) is 6.92 Å². The Morgan fingerprint density at radius 2 is 2.32 bits per heavy atom. The number of pyridine rings is 1. The van der Waals surface area contributed by atoms with Gasteiger partial charge >= 0.3 is 0 Å². The molecule has 0 aliphatic carbocycles. The van der Waals surface area contributed by atoms with Gasteiger partial charge in [0.05, 0.1) is 6.04 Å². The van der Waals surface area contributed by atoms with Gasteiger partial charge in [-0.15, -0.1) is 0 Å². The fourth-order valence-electron chi connectivity index (χ4n) is 2.51. The third-order valence-electron chi connectivity index (χ3n) is 3.52. The van der Waals surface area contributed by atoms with Crippen LogP contribution in [0.5, 0.6) is 0 Å². The van der Waals surface area contributed by atoms with Gasteiger partial charge in [0.25, 0.3) is 0 Å². The second-order valence-corrected chi connectivity index (χ2v) is 5.62. The minimum Gasteiger partial charge on any atom is -0.370 e. The average Bonchev–Trinajstić information content (AvgIpc) is 2.86. The number of amides is 1. The van der Waals surface area contributed by atoms with Crippen LogP contribution < -0.4 is 5.32 Å². The summed E-state index contributed by atoms with van der Waals surface area (Å²) in [6.07, 6.45) is 4.02. The number of nitrogens with one attached hydrogen (secondary N) is 1. The van der Waals surface area contributed by atoms with Gasteiger partial charge < -0.3 is 10.2 Å². The molecule has 2 rings (SSSR count). The summed E-state index contributed by atoms with van der Waals surface area (Å²) >= 11 is 0. The minimum atomic E-state index is 0.157. The molecular formula is C15H23N3O. The van der Waals surface area contributed by atoms with Crippen molar-refractivity contribution in [1.82, 2.24) is 9.88 Å². The van der Waals surface area contributed by atoms with E-state index in [0.29, 0.717) is 5.92 Å². The predicted molar refractivity (Wildman–Crippen MR) is 76.9 cm³/mol. The molecule has 0 spiro atoms. The molecule has 0 saturated carbocycles. The first-order valence-corrected chi connectivity index (χ1v) is 7.05. The van der Waals surface area contributed by atoms with E-state index >= 15 is 0 Å². The van der Waals surface area contributed by atoms with Gasteiger partial charge in [0, 0.05) is 26.2 Å². The monoisotopic (exact) mass is 261 g/mol. The van der Waals surface area contributed by atoms with Gasteiger partial charge in [-0.1, -0.05) is 19.9 Å². The topological polar surface area (TPSA) is 45.2 Å². The van der Waals surface area contributed by atoms with Crippen molar-refractivity contribution in [2.45, 2.75) is 39.7 Å². The van der Waals surface area contributed by atoms with Gasteiger partial charge in [0.1, 0.15) is 5.82 Å². The molecule has 1 atom stereocenters. The van der Waals surface area contributed by atoms with Crippen LogP contribution in [0, 0.1) is 5.92 Å². The van der Waals surface area contributed by atoms with E-state index in [2.05, 4.69) is 30.2 Å². The fourth-order valence-corrected chi connectivity index (χ4v) is 2.51. The van der Waals surface area contributed by atoms with Crippen molar-refractivity contribution in [1.29, 1.82) is 0 Å². The van der Waals surface area contributed by atoms with E-state index in [0.717, 1.165) is 37.3 Å². The van der Waals surface area contributed by atoms with Gasteiger partial charge in [-0.05, 0) is 30.4 Å². The lowest BCUT2D eigenvalue weighted by Crippen LogP contribution is -2.28. The Balaban J connectivity index is 2.03. The third kappa shape index (κ3) is 3.46. The summed E-state index contributed by atoms with van der Waals surface area (Å²) in [6.45, 7) is 7.78. The number of rotatable bonds is 4. The van der Waals surface area contributed by atoms with E-state index in [-0.39, 0.29) is 11.9 Å². The Kier molecular flexibility index (Phi) is 4.40. The lowest BCUT2D eigenvalue weighted by Gasteiger charge is -2.23. The molecule has 1 aliphatic heterocycles. The molecular weight excluding hydrogens is 238 g/mol. The minimum absolute atomic E-state index is 0.157. The molecule has 4 nitrogen and oxygen atoms in total. The number of aromatic nitrogens is 1. The molecule has 1 aromatic rings. The molecule has 1 aliphatic rings. The molecule has 1 amide bonds. The lowest BCUT2D eigenvalue weighted by molar-refractivity contribution is -0.129. The number of anilines is 1. The largest absolute Gasteiger partial charge is 0.370 e. The van der Waals surface area contributed by atoms with E-state index in [1.165, 1.54) is 0 Å². The smallest absolute Gasteiger partial charge is 0.219 e. The summed E-state index contributed by atoms with van der Waals surface area (Å²) in [5.74, 6) is 1.67. The number of carbonyl (C=O) groups is 1. The van der Waals surface area contributed by atoms with Crippen molar-refractivity contribution in [2.24, 2.45) is 5.92 Å². The van der Waals surface area contributed by atoms with E-state index in [4.69, 9.17) is 0 Å². The third-order valence-corrected chi connectivity index (χ3v) is 3.52. The van der Waals surface area contributed by atoms with Crippen molar-refractivity contribution in [3.05, 3.63) is 23.9 Å². The first-order chi connectivity index (χ1) is 9.08. The molecule has 2 heterocycles. The summed E-state index contributed by atoms with van der Waals surface area (Å²) in [4.78, 5) is 17.9. The molecule has 0 aromatic carbocycles. The summed E-state index contributed by atoms with van der Waals surface area (Å²) in [6, 6.07) is 4.31. The van der Waals surface area contributed by atoms with Gasteiger partial charge in [-0.3, -0.25) is 4.79 Å². The van der Waals surface area contributed by atoms with Crippen LogP contribution in [-0.4, -0.2) is 28.9 Å². The summed E-state index contributed by atoms with van der Waals surface area (Å²) in [7, 11) is 0. The number of nitrogens with zero attached hydrogens (tertiary/aromatic N) is 2. The lowest BCUT2D eigenvalue weighted by atomic mass is 10.1. The Hall–Kier alpha value is -1.58. The highest BCUT2D eigenvalue weighted by Crippen LogP contribution is 2.31.